The molecule has 3 rings (SSSR count). The summed E-state index contributed by atoms with van der Waals surface area (Å²) in [5.41, 5.74) is 1.84. The molecule has 0 fully saturated rings. The SMILES string of the molecule is C[NH+](C)C[C@@H](NC(=O)CCN1C(=O)c2ccccc2C1=O)c1ccccc1. The van der Waals surface area contributed by atoms with Gasteiger partial charge in [0, 0.05) is 13.0 Å². The van der Waals surface area contributed by atoms with Crippen LogP contribution in [0.15, 0.2) is 54.6 Å². The number of amides is 3. The number of carbonyl (C=O) groups excluding carboxylic acids is 3. The average Bonchev–Trinajstić information content (AvgIpc) is 2.91. The van der Waals surface area contributed by atoms with E-state index in [1.165, 1.54) is 4.90 Å². The molecular formula is C21H24N3O3+. The molecule has 140 valence electrons. The van der Waals surface area contributed by atoms with E-state index in [9.17, 15) is 14.4 Å². The number of quaternary nitrogens is 1. The van der Waals surface area contributed by atoms with Gasteiger partial charge in [0.15, 0.2) is 0 Å². The van der Waals surface area contributed by atoms with Crippen LogP contribution in [0, 0.1) is 0 Å². The van der Waals surface area contributed by atoms with Crippen LogP contribution < -0.4 is 10.2 Å². The summed E-state index contributed by atoms with van der Waals surface area (Å²) >= 11 is 0. The Morgan fingerprint density at radius 2 is 1.52 bits per heavy atom. The minimum Gasteiger partial charge on any atom is -0.344 e. The summed E-state index contributed by atoms with van der Waals surface area (Å²) in [7, 11) is 4.06. The highest BCUT2D eigenvalue weighted by molar-refractivity contribution is 6.21. The third-order valence-corrected chi connectivity index (χ3v) is 4.59. The topological polar surface area (TPSA) is 70.9 Å². The highest BCUT2D eigenvalue weighted by Gasteiger charge is 2.35. The number of carbonyl (C=O) groups is 3. The Morgan fingerprint density at radius 1 is 0.963 bits per heavy atom. The molecule has 0 saturated heterocycles. The summed E-state index contributed by atoms with van der Waals surface area (Å²) in [6.07, 6.45) is 0.0809. The first kappa shape index (κ1) is 18.8. The highest BCUT2D eigenvalue weighted by atomic mass is 16.2. The van der Waals surface area contributed by atoms with E-state index in [0.29, 0.717) is 11.1 Å². The van der Waals surface area contributed by atoms with Crippen molar-refractivity contribution in [2.75, 3.05) is 27.2 Å². The zero-order valence-corrected chi connectivity index (χ0v) is 15.6. The number of nitrogens with one attached hydrogen (secondary N) is 2. The van der Waals surface area contributed by atoms with Crippen LogP contribution in [0.1, 0.15) is 38.7 Å². The lowest BCUT2D eigenvalue weighted by molar-refractivity contribution is -0.860. The van der Waals surface area contributed by atoms with Crippen LogP contribution in [0.4, 0.5) is 0 Å². The predicted octanol–water partition coefficient (Wildman–Crippen LogP) is 0.675. The fourth-order valence-electron chi connectivity index (χ4n) is 3.27. The monoisotopic (exact) mass is 366 g/mol. The summed E-state index contributed by atoms with van der Waals surface area (Å²) < 4.78 is 0. The fourth-order valence-corrected chi connectivity index (χ4v) is 3.27. The normalized spacial score (nSPS) is 14.4. The van der Waals surface area contributed by atoms with Gasteiger partial charge < -0.3 is 10.2 Å². The molecule has 2 aromatic carbocycles. The standard InChI is InChI=1S/C21H23N3O3/c1-23(2)14-18(15-8-4-3-5-9-15)22-19(25)12-13-24-20(26)16-10-6-7-11-17(16)21(24)27/h3-11,18H,12-14H2,1-2H3,(H,22,25)/p+1/t18-/m1/s1. The van der Waals surface area contributed by atoms with E-state index in [-0.39, 0.29) is 36.7 Å². The number of likely N-dealkylation sites (N-methyl/N-ethyl adjacent to an activating group) is 1. The molecular weight excluding hydrogens is 342 g/mol. The summed E-state index contributed by atoms with van der Waals surface area (Å²) in [5.74, 6) is -0.844. The number of hydrogen-bond donors (Lipinski definition) is 2. The highest BCUT2D eigenvalue weighted by Crippen LogP contribution is 2.22. The van der Waals surface area contributed by atoms with E-state index in [4.69, 9.17) is 0 Å². The zero-order chi connectivity index (χ0) is 19.4. The minimum atomic E-state index is -0.333. The summed E-state index contributed by atoms with van der Waals surface area (Å²) in [6, 6.07) is 16.4. The molecule has 0 radical (unpaired) electrons. The summed E-state index contributed by atoms with van der Waals surface area (Å²) in [4.78, 5) is 39.6. The van der Waals surface area contributed by atoms with Crippen LogP contribution in [-0.4, -0.2) is 49.8 Å². The quantitative estimate of drug-likeness (QED) is 0.708. The van der Waals surface area contributed by atoms with Crippen molar-refractivity contribution in [3.63, 3.8) is 0 Å². The smallest absolute Gasteiger partial charge is 0.261 e. The molecule has 1 heterocycles. The number of fused-ring (bicyclic) bond motifs is 1. The van der Waals surface area contributed by atoms with Gasteiger partial charge in [-0.15, -0.1) is 0 Å². The molecule has 3 amide bonds. The van der Waals surface area contributed by atoms with Crippen molar-refractivity contribution in [1.29, 1.82) is 0 Å². The van der Waals surface area contributed by atoms with Crippen LogP contribution in [-0.2, 0) is 4.79 Å². The molecule has 2 N–H and O–H groups in total. The van der Waals surface area contributed by atoms with Crippen molar-refractivity contribution in [3.8, 4) is 0 Å². The molecule has 1 atom stereocenters. The maximum Gasteiger partial charge on any atom is 0.261 e. The molecule has 6 heteroatoms. The van der Waals surface area contributed by atoms with Crippen molar-refractivity contribution in [2.45, 2.75) is 12.5 Å². The number of nitrogens with zero attached hydrogens (tertiary/aromatic N) is 1. The van der Waals surface area contributed by atoms with Crippen LogP contribution in [0.5, 0.6) is 0 Å². The van der Waals surface area contributed by atoms with Gasteiger partial charge in [0.25, 0.3) is 11.8 Å². The van der Waals surface area contributed by atoms with Crippen LogP contribution in [0.2, 0.25) is 0 Å². The first-order chi connectivity index (χ1) is 13.0. The molecule has 27 heavy (non-hydrogen) atoms. The van der Waals surface area contributed by atoms with Gasteiger partial charge in [-0.3, -0.25) is 19.3 Å². The molecule has 0 unspecified atom stereocenters. The van der Waals surface area contributed by atoms with Crippen molar-refractivity contribution < 1.29 is 19.3 Å². The second-order valence-electron chi connectivity index (χ2n) is 7.00. The molecule has 0 saturated carbocycles. The van der Waals surface area contributed by atoms with E-state index >= 15 is 0 Å². The molecule has 1 aliphatic rings. The molecule has 0 bridgehead atoms. The zero-order valence-electron chi connectivity index (χ0n) is 15.6. The predicted molar refractivity (Wildman–Crippen MR) is 101 cm³/mol. The molecule has 2 aromatic rings. The Kier molecular flexibility index (Phi) is 5.66. The lowest BCUT2D eigenvalue weighted by Crippen LogP contribution is -3.06. The van der Waals surface area contributed by atoms with Crippen molar-refractivity contribution in [1.82, 2.24) is 10.2 Å². The second kappa shape index (κ2) is 8.14. The third kappa shape index (κ3) is 4.23. The molecule has 1 aliphatic heterocycles. The van der Waals surface area contributed by atoms with Crippen molar-refractivity contribution in [2.24, 2.45) is 0 Å². The summed E-state index contributed by atoms with van der Waals surface area (Å²) in [6.45, 7) is 0.817. The maximum absolute atomic E-state index is 12.5. The van der Waals surface area contributed by atoms with Gasteiger partial charge in [0.1, 0.15) is 12.6 Å². The molecule has 0 spiro atoms. The van der Waals surface area contributed by atoms with Crippen LogP contribution >= 0.6 is 0 Å². The van der Waals surface area contributed by atoms with Gasteiger partial charge in [-0.05, 0) is 17.7 Å². The van der Waals surface area contributed by atoms with E-state index in [1.54, 1.807) is 24.3 Å². The van der Waals surface area contributed by atoms with Crippen LogP contribution in [0.25, 0.3) is 0 Å². The number of hydrogen-bond acceptors (Lipinski definition) is 3. The second-order valence-corrected chi connectivity index (χ2v) is 7.00. The Hall–Kier alpha value is -2.99. The number of rotatable bonds is 7. The number of imide groups is 1. The molecule has 6 nitrogen and oxygen atoms in total. The first-order valence-electron chi connectivity index (χ1n) is 9.06. The third-order valence-electron chi connectivity index (χ3n) is 4.59. The average molecular weight is 366 g/mol. The maximum atomic E-state index is 12.5. The van der Waals surface area contributed by atoms with Gasteiger partial charge in [0.05, 0.1) is 25.2 Å². The van der Waals surface area contributed by atoms with Gasteiger partial charge in [0.2, 0.25) is 5.91 Å². The lowest BCUT2D eigenvalue weighted by atomic mass is 10.1. The Balaban J connectivity index is 1.62. The molecule has 0 aromatic heterocycles. The van der Waals surface area contributed by atoms with Gasteiger partial charge in [-0.2, -0.15) is 0 Å². The van der Waals surface area contributed by atoms with E-state index in [1.807, 2.05) is 44.4 Å². The van der Waals surface area contributed by atoms with Gasteiger partial charge in [-0.1, -0.05) is 42.5 Å². The van der Waals surface area contributed by atoms with Gasteiger partial charge in [-0.25, -0.2) is 0 Å². The summed E-state index contributed by atoms with van der Waals surface area (Å²) in [5, 5.41) is 3.03. The van der Waals surface area contributed by atoms with Crippen molar-refractivity contribution in [3.05, 3.63) is 71.3 Å². The van der Waals surface area contributed by atoms with Crippen molar-refractivity contribution >= 4 is 17.7 Å². The number of benzene rings is 2. The largest absolute Gasteiger partial charge is 0.344 e. The lowest BCUT2D eigenvalue weighted by Gasteiger charge is -2.21. The molecule has 0 aliphatic carbocycles. The Labute approximate surface area is 158 Å². The first-order valence-corrected chi connectivity index (χ1v) is 9.06. The fraction of sp³-hybridized carbons (Fsp3) is 0.286. The Morgan fingerprint density at radius 3 is 2.07 bits per heavy atom. The van der Waals surface area contributed by atoms with E-state index in [2.05, 4.69) is 5.32 Å². The van der Waals surface area contributed by atoms with E-state index in [0.717, 1.165) is 17.0 Å². The van der Waals surface area contributed by atoms with E-state index < -0.39 is 0 Å². The Bertz CT molecular complexity index is 814. The van der Waals surface area contributed by atoms with Gasteiger partial charge >= 0.3 is 0 Å². The minimum absolute atomic E-state index is 0.0779. The van der Waals surface area contributed by atoms with Crippen LogP contribution in [0.3, 0.4) is 0 Å².